The number of hydrogen-bond acceptors (Lipinski definition) is 1. The maximum Gasteiger partial charge on any atom is 0.419 e. The van der Waals surface area contributed by atoms with Crippen LogP contribution in [0.15, 0.2) is 18.2 Å². The van der Waals surface area contributed by atoms with E-state index in [2.05, 4.69) is 5.32 Å². The van der Waals surface area contributed by atoms with Crippen molar-refractivity contribution in [3.8, 4) is 0 Å². The van der Waals surface area contributed by atoms with Crippen molar-refractivity contribution in [2.75, 3.05) is 11.9 Å². The van der Waals surface area contributed by atoms with E-state index in [9.17, 15) is 17.6 Å². The van der Waals surface area contributed by atoms with E-state index in [1.54, 1.807) is 0 Å². The third kappa shape index (κ3) is 2.63. The minimum atomic E-state index is -4.64. The number of fused-ring (bicyclic) bond motifs is 2. The van der Waals surface area contributed by atoms with Crippen molar-refractivity contribution in [2.24, 2.45) is 17.8 Å². The highest BCUT2D eigenvalue weighted by Gasteiger charge is 2.39. The van der Waals surface area contributed by atoms with Crippen molar-refractivity contribution in [3.05, 3.63) is 29.6 Å². The molecule has 0 amide bonds. The smallest absolute Gasteiger partial charge is 0.385 e. The first-order chi connectivity index (χ1) is 9.43. The Hall–Kier alpha value is -1.26. The van der Waals surface area contributed by atoms with Gasteiger partial charge in [-0.25, -0.2) is 4.39 Å². The lowest BCUT2D eigenvalue weighted by molar-refractivity contribution is -0.139. The third-order valence-corrected chi connectivity index (χ3v) is 4.72. The molecule has 1 N–H and O–H groups in total. The Bertz CT molecular complexity index is 497. The number of alkyl halides is 3. The summed E-state index contributed by atoms with van der Waals surface area (Å²) in [7, 11) is 0. The topological polar surface area (TPSA) is 12.0 Å². The average molecular weight is 287 g/mol. The molecular weight excluding hydrogens is 270 g/mol. The lowest BCUT2D eigenvalue weighted by atomic mass is 9.89. The molecule has 3 rings (SSSR count). The van der Waals surface area contributed by atoms with Crippen molar-refractivity contribution < 1.29 is 17.6 Å². The molecule has 1 nitrogen and oxygen atoms in total. The Morgan fingerprint density at radius 1 is 1.15 bits per heavy atom. The lowest BCUT2D eigenvalue weighted by Gasteiger charge is -2.22. The monoisotopic (exact) mass is 287 g/mol. The van der Waals surface area contributed by atoms with Crippen LogP contribution < -0.4 is 5.32 Å². The third-order valence-electron chi connectivity index (χ3n) is 4.72. The van der Waals surface area contributed by atoms with Crippen LogP contribution in [0, 0.1) is 23.6 Å². The molecule has 0 radical (unpaired) electrons. The highest BCUT2D eigenvalue weighted by atomic mass is 19.4. The van der Waals surface area contributed by atoms with Gasteiger partial charge in [-0.2, -0.15) is 13.2 Å². The molecule has 2 aliphatic rings. The van der Waals surface area contributed by atoms with Crippen molar-refractivity contribution >= 4 is 5.69 Å². The number of anilines is 1. The minimum absolute atomic E-state index is 0.349. The van der Waals surface area contributed by atoms with E-state index < -0.39 is 17.6 Å². The average Bonchev–Trinajstić information content (AvgIpc) is 2.98. The van der Waals surface area contributed by atoms with Crippen LogP contribution in [0.1, 0.15) is 31.2 Å². The zero-order valence-corrected chi connectivity index (χ0v) is 11.0. The van der Waals surface area contributed by atoms with Gasteiger partial charge in [0.1, 0.15) is 5.82 Å². The van der Waals surface area contributed by atoms with Gasteiger partial charge < -0.3 is 5.32 Å². The molecule has 3 unspecified atom stereocenters. The van der Waals surface area contributed by atoms with Crippen LogP contribution in [0.4, 0.5) is 23.2 Å². The van der Waals surface area contributed by atoms with Crippen LogP contribution in [0.25, 0.3) is 0 Å². The second-order valence-corrected chi connectivity index (χ2v) is 6.01. The molecule has 3 atom stereocenters. The fourth-order valence-electron chi connectivity index (χ4n) is 3.73. The van der Waals surface area contributed by atoms with Gasteiger partial charge in [-0.3, -0.25) is 0 Å². The highest BCUT2D eigenvalue weighted by molar-refractivity contribution is 5.47. The summed E-state index contributed by atoms with van der Waals surface area (Å²) in [5, 5.41) is 3.04. The normalized spacial score (nSPS) is 28.9. The number of hydrogen-bond donors (Lipinski definition) is 1. The summed E-state index contributed by atoms with van der Waals surface area (Å²) < 4.78 is 51.1. The summed E-state index contributed by atoms with van der Waals surface area (Å²) >= 11 is 0. The molecule has 2 aliphatic carbocycles. The summed E-state index contributed by atoms with van der Waals surface area (Å²) in [6, 6.07) is 3.12. The van der Waals surface area contributed by atoms with Crippen LogP contribution in [0.2, 0.25) is 0 Å². The standard InChI is InChI=1S/C15H17F4N/c16-14-4-3-12(7-13(14)15(17,18)19)20-8-11-6-9-1-2-10(11)5-9/h3-4,7,9-11,20H,1-2,5-6,8H2. The summed E-state index contributed by atoms with van der Waals surface area (Å²) in [5.74, 6) is 0.858. The van der Waals surface area contributed by atoms with Crippen LogP contribution in [-0.4, -0.2) is 6.54 Å². The minimum Gasteiger partial charge on any atom is -0.385 e. The summed E-state index contributed by atoms with van der Waals surface area (Å²) in [4.78, 5) is 0. The molecule has 20 heavy (non-hydrogen) atoms. The lowest BCUT2D eigenvalue weighted by Crippen LogP contribution is -2.20. The van der Waals surface area contributed by atoms with Gasteiger partial charge in [-0.15, -0.1) is 0 Å². The second kappa shape index (κ2) is 4.93. The number of halogens is 4. The van der Waals surface area contributed by atoms with E-state index in [1.807, 2.05) is 0 Å². The number of nitrogens with one attached hydrogen (secondary N) is 1. The van der Waals surface area contributed by atoms with Crippen LogP contribution in [-0.2, 0) is 6.18 Å². The Labute approximate surface area is 115 Å². The second-order valence-electron chi connectivity index (χ2n) is 6.01. The van der Waals surface area contributed by atoms with Gasteiger partial charge in [-0.1, -0.05) is 6.42 Å². The van der Waals surface area contributed by atoms with Gasteiger partial charge in [0.2, 0.25) is 0 Å². The maximum atomic E-state index is 13.2. The Balaban J connectivity index is 1.66. The molecule has 2 saturated carbocycles. The SMILES string of the molecule is Fc1ccc(NCC2CC3CCC2C3)cc1C(F)(F)F. The maximum absolute atomic E-state index is 13.2. The van der Waals surface area contributed by atoms with Gasteiger partial charge in [0, 0.05) is 12.2 Å². The highest BCUT2D eigenvalue weighted by Crippen LogP contribution is 2.48. The van der Waals surface area contributed by atoms with E-state index in [0.29, 0.717) is 18.2 Å². The first kappa shape index (κ1) is 13.7. The zero-order valence-electron chi connectivity index (χ0n) is 11.0. The van der Waals surface area contributed by atoms with Crippen LogP contribution >= 0.6 is 0 Å². The van der Waals surface area contributed by atoms with Crippen molar-refractivity contribution in [3.63, 3.8) is 0 Å². The predicted octanol–water partition coefficient (Wildman–Crippen LogP) is 4.69. The van der Waals surface area contributed by atoms with Crippen molar-refractivity contribution in [1.29, 1.82) is 0 Å². The largest absolute Gasteiger partial charge is 0.419 e. The molecule has 1 aromatic carbocycles. The molecule has 0 saturated heterocycles. The molecule has 5 heteroatoms. The Kier molecular flexibility index (Phi) is 3.38. The quantitative estimate of drug-likeness (QED) is 0.795. The molecule has 0 heterocycles. The molecule has 0 aromatic heterocycles. The van der Waals surface area contributed by atoms with Crippen LogP contribution in [0.3, 0.4) is 0 Å². The van der Waals surface area contributed by atoms with Crippen molar-refractivity contribution in [2.45, 2.75) is 31.9 Å². The fraction of sp³-hybridized carbons (Fsp3) is 0.600. The van der Waals surface area contributed by atoms with Gasteiger partial charge in [0.05, 0.1) is 5.56 Å². The molecule has 0 spiro atoms. The summed E-state index contributed by atoms with van der Waals surface area (Å²) in [6.45, 7) is 0.685. The molecule has 1 aromatic rings. The van der Waals surface area contributed by atoms with Crippen molar-refractivity contribution in [1.82, 2.24) is 0 Å². The summed E-state index contributed by atoms with van der Waals surface area (Å²) in [5.41, 5.74) is -0.850. The van der Waals surface area contributed by atoms with E-state index >= 15 is 0 Å². The van der Waals surface area contributed by atoms with E-state index in [4.69, 9.17) is 0 Å². The number of benzene rings is 1. The van der Waals surface area contributed by atoms with Crippen LogP contribution in [0.5, 0.6) is 0 Å². The van der Waals surface area contributed by atoms with Gasteiger partial charge in [0.25, 0.3) is 0 Å². The first-order valence-corrected chi connectivity index (χ1v) is 7.04. The fourth-order valence-corrected chi connectivity index (χ4v) is 3.73. The van der Waals surface area contributed by atoms with E-state index in [0.717, 1.165) is 24.0 Å². The molecular formula is C15H17F4N. The summed E-state index contributed by atoms with van der Waals surface area (Å²) in [6.07, 6.45) is 0.340. The van der Waals surface area contributed by atoms with E-state index in [-0.39, 0.29) is 0 Å². The van der Waals surface area contributed by atoms with Gasteiger partial charge >= 0.3 is 6.18 Å². The van der Waals surface area contributed by atoms with Gasteiger partial charge in [0.15, 0.2) is 0 Å². The molecule has 110 valence electrons. The Morgan fingerprint density at radius 3 is 2.55 bits per heavy atom. The van der Waals surface area contributed by atoms with Gasteiger partial charge in [-0.05, 0) is 55.2 Å². The molecule has 0 aliphatic heterocycles. The zero-order chi connectivity index (χ0) is 14.3. The Morgan fingerprint density at radius 2 is 1.95 bits per heavy atom. The molecule has 2 fully saturated rings. The number of rotatable bonds is 3. The van der Waals surface area contributed by atoms with E-state index in [1.165, 1.54) is 31.7 Å². The predicted molar refractivity (Wildman–Crippen MR) is 68.8 cm³/mol. The first-order valence-electron chi connectivity index (χ1n) is 7.04. The molecule has 2 bridgehead atoms.